The molecule has 3 N–H and O–H groups in total. The Balaban J connectivity index is 0.000000184. The SMILES string of the molecule is CC(C)N(CC1CCC(n2cc(Br)c3c(N)ncnc32)O1)C1CCC1.CCc1nc2ccc(C(C)(C)C)cc2[nH]1. The van der Waals surface area contributed by atoms with E-state index in [-0.39, 0.29) is 17.7 Å². The summed E-state index contributed by atoms with van der Waals surface area (Å²) in [6.45, 7) is 14.4. The fourth-order valence-electron chi connectivity index (χ4n) is 5.74. The molecule has 1 saturated heterocycles. The summed E-state index contributed by atoms with van der Waals surface area (Å²) in [5.74, 6) is 1.57. The molecule has 3 aromatic heterocycles. The number of halogens is 1. The number of nitrogens with two attached hydrogens (primary N) is 1. The molecule has 2 unspecified atom stereocenters. The number of H-pyrrole nitrogens is 1. The molecule has 0 bridgehead atoms. The van der Waals surface area contributed by atoms with Crippen LogP contribution < -0.4 is 5.73 Å². The van der Waals surface area contributed by atoms with Gasteiger partial charge in [0.1, 0.15) is 29.8 Å². The highest BCUT2D eigenvalue weighted by molar-refractivity contribution is 9.10. The van der Waals surface area contributed by atoms with Gasteiger partial charge in [-0.1, -0.05) is 40.2 Å². The maximum Gasteiger partial charge on any atom is 0.148 e. The Morgan fingerprint density at radius 2 is 1.95 bits per heavy atom. The van der Waals surface area contributed by atoms with Gasteiger partial charge in [-0.25, -0.2) is 15.0 Å². The van der Waals surface area contributed by atoms with Crippen molar-refractivity contribution in [2.24, 2.45) is 0 Å². The van der Waals surface area contributed by atoms with Gasteiger partial charge in [-0.15, -0.1) is 0 Å². The van der Waals surface area contributed by atoms with Gasteiger partial charge in [0.05, 0.1) is 22.5 Å². The number of ether oxygens (including phenoxy) is 1. The van der Waals surface area contributed by atoms with Gasteiger partial charge in [-0.2, -0.15) is 0 Å². The standard InChI is InChI=1S/C18H26BrN5O.C13H18N2/c1-11(2)23(12-4-3-5-12)8-13-6-7-15(25-13)24-9-14(19)16-17(20)21-10-22-18(16)24;1-5-12-14-10-7-6-9(13(2,3)4)8-11(10)15-12/h9-13,15H,3-8H2,1-2H3,(H2,20,21,22);6-8H,5H2,1-4H3,(H,14,15). The second kappa shape index (κ2) is 11.8. The minimum Gasteiger partial charge on any atom is -0.383 e. The zero-order chi connectivity index (χ0) is 28.6. The molecule has 1 saturated carbocycles. The van der Waals surface area contributed by atoms with E-state index >= 15 is 0 Å². The Morgan fingerprint density at radius 3 is 2.60 bits per heavy atom. The molecule has 9 heteroatoms. The number of benzene rings is 1. The van der Waals surface area contributed by atoms with Crippen molar-refractivity contribution >= 4 is 43.8 Å². The predicted octanol–water partition coefficient (Wildman–Crippen LogP) is 7.14. The average Bonchev–Trinajstić information content (AvgIpc) is 3.59. The van der Waals surface area contributed by atoms with E-state index in [0.717, 1.165) is 64.2 Å². The van der Waals surface area contributed by atoms with Crippen molar-refractivity contribution < 1.29 is 4.74 Å². The zero-order valence-corrected chi connectivity index (χ0v) is 26.3. The van der Waals surface area contributed by atoms with Crippen LogP contribution in [0.15, 0.2) is 35.2 Å². The summed E-state index contributed by atoms with van der Waals surface area (Å²) >= 11 is 3.58. The van der Waals surface area contributed by atoms with Crippen LogP contribution in [0.3, 0.4) is 0 Å². The van der Waals surface area contributed by atoms with E-state index in [1.807, 2.05) is 6.20 Å². The van der Waals surface area contributed by atoms with Gasteiger partial charge in [0.25, 0.3) is 0 Å². The monoisotopic (exact) mass is 609 g/mol. The molecule has 2 atom stereocenters. The number of aromatic amines is 1. The van der Waals surface area contributed by atoms with Gasteiger partial charge in [-0.3, -0.25) is 4.90 Å². The largest absolute Gasteiger partial charge is 0.383 e. The number of hydrogen-bond acceptors (Lipinski definition) is 6. The molecule has 2 fully saturated rings. The Hall–Kier alpha value is -2.49. The Labute approximate surface area is 246 Å². The van der Waals surface area contributed by atoms with Crippen LogP contribution in [0.25, 0.3) is 22.1 Å². The van der Waals surface area contributed by atoms with Crippen molar-refractivity contribution in [3.63, 3.8) is 0 Å². The third-order valence-corrected chi connectivity index (χ3v) is 8.94. The van der Waals surface area contributed by atoms with E-state index in [1.54, 1.807) is 0 Å². The number of nitrogens with one attached hydrogen (secondary N) is 1. The Kier molecular flexibility index (Phi) is 8.55. The number of imidazole rings is 1. The molecule has 0 spiro atoms. The number of fused-ring (bicyclic) bond motifs is 2. The van der Waals surface area contributed by atoms with Gasteiger partial charge < -0.3 is 20.0 Å². The first-order chi connectivity index (χ1) is 19.0. The molecule has 40 heavy (non-hydrogen) atoms. The number of anilines is 1. The van der Waals surface area contributed by atoms with Crippen molar-refractivity contribution in [2.75, 3.05) is 12.3 Å². The van der Waals surface area contributed by atoms with Crippen molar-refractivity contribution in [1.29, 1.82) is 0 Å². The minimum atomic E-state index is 0.0171. The fourth-order valence-corrected chi connectivity index (χ4v) is 6.34. The van der Waals surface area contributed by atoms with Crippen LogP contribution in [-0.2, 0) is 16.6 Å². The maximum atomic E-state index is 6.41. The Bertz CT molecular complexity index is 1450. The van der Waals surface area contributed by atoms with Gasteiger partial charge in [0.2, 0.25) is 0 Å². The van der Waals surface area contributed by atoms with E-state index < -0.39 is 0 Å². The summed E-state index contributed by atoms with van der Waals surface area (Å²) < 4.78 is 9.43. The van der Waals surface area contributed by atoms with E-state index in [2.05, 4.69) is 105 Å². The second-order valence-electron chi connectivity index (χ2n) is 12.5. The summed E-state index contributed by atoms with van der Waals surface area (Å²) in [5.41, 5.74) is 10.6. The summed E-state index contributed by atoms with van der Waals surface area (Å²) in [5, 5.41) is 0.868. The topological polar surface area (TPSA) is 97.9 Å². The lowest BCUT2D eigenvalue weighted by molar-refractivity contribution is -0.0311. The van der Waals surface area contributed by atoms with Crippen LogP contribution >= 0.6 is 15.9 Å². The average molecular weight is 611 g/mol. The lowest BCUT2D eigenvalue weighted by Crippen LogP contribution is -2.47. The number of nitrogens with zero attached hydrogens (tertiary/aromatic N) is 5. The van der Waals surface area contributed by atoms with Crippen LogP contribution in [-0.4, -0.2) is 54.1 Å². The number of aryl methyl sites for hydroxylation is 1. The molecule has 6 rings (SSSR count). The van der Waals surface area contributed by atoms with Crippen molar-refractivity contribution in [3.05, 3.63) is 46.6 Å². The first-order valence-electron chi connectivity index (χ1n) is 14.7. The quantitative estimate of drug-likeness (QED) is 0.241. The molecule has 1 aliphatic heterocycles. The smallest absolute Gasteiger partial charge is 0.148 e. The lowest BCUT2D eigenvalue weighted by atomic mass is 9.87. The highest BCUT2D eigenvalue weighted by Crippen LogP contribution is 2.37. The maximum absolute atomic E-state index is 6.41. The molecule has 0 amide bonds. The summed E-state index contributed by atoms with van der Waals surface area (Å²) in [6.07, 6.45) is 10.9. The van der Waals surface area contributed by atoms with Crippen LogP contribution in [0.4, 0.5) is 5.82 Å². The van der Waals surface area contributed by atoms with Gasteiger partial charge in [0.15, 0.2) is 0 Å². The second-order valence-corrected chi connectivity index (χ2v) is 13.4. The third-order valence-electron chi connectivity index (χ3n) is 8.34. The number of nitrogen functional groups attached to an aromatic ring is 1. The van der Waals surface area contributed by atoms with E-state index in [9.17, 15) is 0 Å². The summed E-state index contributed by atoms with van der Waals surface area (Å²) in [7, 11) is 0. The fraction of sp³-hybridized carbons (Fsp3) is 0.581. The highest BCUT2D eigenvalue weighted by Gasteiger charge is 2.34. The van der Waals surface area contributed by atoms with E-state index in [4.69, 9.17) is 10.5 Å². The van der Waals surface area contributed by atoms with E-state index in [1.165, 1.54) is 31.2 Å². The first kappa shape index (κ1) is 29.0. The molecule has 0 radical (unpaired) electrons. The summed E-state index contributed by atoms with van der Waals surface area (Å²) in [4.78, 5) is 19.0. The van der Waals surface area contributed by atoms with Crippen molar-refractivity contribution in [3.8, 4) is 0 Å². The lowest BCUT2D eigenvalue weighted by Gasteiger charge is -2.41. The van der Waals surface area contributed by atoms with Crippen molar-refractivity contribution in [2.45, 2.75) is 110 Å². The first-order valence-corrected chi connectivity index (χ1v) is 15.5. The van der Waals surface area contributed by atoms with Crippen LogP contribution in [0.5, 0.6) is 0 Å². The molecular weight excluding hydrogens is 566 g/mol. The molecule has 2 aliphatic rings. The van der Waals surface area contributed by atoms with Crippen LogP contribution in [0.1, 0.15) is 91.3 Å². The molecule has 8 nitrogen and oxygen atoms in total. The summed E-state index contributed by atoms with van der Waals surface area (Å²) in [6, 6.07) is 7.80. The number of aromatic nitrogens is 5. The number of hydrogen-bond donors (Lipinski definition) is 2. The Morgan fingerprint density at radius 1 is 1.18 bits per heavy atom. The van der Waals surface area contributed by atoms with Crippen molar-refractivity contribution in [1.82, 2.24) is 29.4 Å². The van der Waals surface area contributed by atoms with Gasteiger partial charge in [0, 0.05) is 35.7 Å². The predicted molar refractivity (Wildman–Crippen MR) is 166 cm³/mol. The number of rotatable bonds is 6. The van der Waals surface area contributed by atoms with Crippen LogP contribution in [0, 0.1) is 0 Å². The van der Waals surface area contributed by atoms with Gasteiger partial charge >= 0.3 is 0 Å². The highest BCUT2D eigenvalue weighted by atomic mass is 79.9. The molecule has 1 aromatic carbocycles. The molecule has 216 valence electrons. The molecular formula is C31H44BrN7O. The van der Waals surface area contributed by atoms with Crippen LogP contribution in [0.2, 0.25) is 0 Å². The molecule has 1 aliphatic carbocycles. The zero-order valence-electron chi connectivity index (χ0n) is 24.7. The normalized spacial score (nSPS) is 19.9. The molecule has 4 heterocycles. The third kappa shape index (κ3) is 6.06. The van der Waals surface area contributed by atoms with Gasteiger partial charge in [-0.05, 0) is 78.6 Å². The minimum absolute atomic E-state index is 0.0171. The van der Waals surface area contributed by atoms with E-state index in [0.29, 0.717) is 11.9 Å². The molecule has 4 aromatic rings.